The Bertz CT molecular complexity index is 1330. The Kier molecular flexibility index (Phi) is 6.57. The number of nitrogens with one attached hydrogen (secondary N) is 2. The predicted molar refractivity (Wildman–Crippen MR) is 149 cm³/mol. The lowest BCUT2D eigenvalue weighted by atomic mass is 9.91. The molecule has 0 amide bonds. The number of hydrogen-bond donors (Lipinski definition) is 5. The van der Waals surface area contributed by atoms with Crippen LogP contribution in [0.25, 0.3) is 20.8 Å². The zero-order valence-corrected chi connectivity index (χ0v) is 23.3. The molecular formula is C28H38N6O3S. The summed E-state index contributed by atoms with van der Waals surface area (Å²) in [4.78, 5) is 19.4. The second kappa shape index (κ2) is 9.66. The van der Waals surface area contributed by atoms with Crippen molar-refractivity contribution < 1.29 is 15.3 Å². The van der Waals surface area contributed by atoms with Crippen LogP contribution in [0.3, 0.4) is 0 Å². The highest BCUT2D eigenvalue weighted by Crippen LogP contribution is 2.45. The number of hydrogen-bond acceptors (Lipinski definition) is 10. The van der Waals surface area contributed by atoms with E-state index in [1.54, 1.807) is 25.2 Å². The number of anilines is 2. The number of aliphatic hydroxyl groups excluding tert-OH is 2. The Hall–Kier alpha value is -2.40. The minimum absolute atomic E-state index is 0.226. The first-order chi connectivity index (χ1) is 18.1. The molecule has 10 heteroatoms. The van der Waals surface area contributed by atoms with Crippen LogP contribution in [0.4, 0.5) is 11.8 Å². The van der Waals surface area contributed by atoms with Crippen LogP contribution in [0.15, 0.2) is 12.3 Å². The molecule has 3 aromatic heterocycles. The summed E-state index contributed by atoms with van der Waals surface area (Å²) in [5, 5.41) is 39.8. The molecule has 0 saturated heterocycles. The molecule has 3 fully saturated rings. The largest absolute Gasteiger partial charge is 0.390 e. The molecule has 5 N–H and O–H groups in total. The molecule has 204 valence electrons. The zero-order valence-electron chi connectivity index (χ0n) is 22.5. The van der Waals surface area contributed by atoms with Gasteiger partial charge in [-0.3, -0.25) is 4.98 Å². The van der Waals surface area contributed by atoms with Crippen molar-refractivity contribution >= 4 is 33.3 Å². The van der Waals surface area contributed by atoms with Crippen LogP contribution < -0.4 is 10.6 Å². The zero-order chi connectivity index (χ0) is 26.8. The summed E-state index contributed by atoms with van der Waals surface area (Å²) in [5.41, 5.74) is 2.70. The summed E-state index contributed by atoms with van der Waals surface area (Å²) >= 11 is 1.60. The number of fused-ring (bicyclic) bond motifs is 1. The van der Waals surface area contributed by atoms with Gasteiger partial charge in [0, 0.05) is 18.2 Å². The fraction of sp³-hybridized carbons (Fsp3) is 0.643. The van der Waals surface area contributed by atoms with Crippen molar-refractivity contribution in [1.29, 1.82) is 0 Å². The van der Waals surface area contributed by atoms with Gasteiger partial charge in [0.15, 0.2) is 0 Å². The van der Waals surface area contributed by atoms with Gasteiger partial charge in [-0.1, -0.05) is 0 Å². The molecule has 5 atom stereocenters. The van der Waals surface area contributed by atoms with Crippen molar-refractivity contribution in [2.45, 2.75) is 102 Å². The van der Waals surface area contributed by atoms with Gasteiger partial charge in [-0.25, -0.2) is 9.97 Å². The van der Waals surface area contributed by atoms with Gasteiger partial charge < -0.3 is 26.0 Å². The minimum atomic E-state index is -0.978. The molecule has 3 saturated carbocycles. The number of aliphatic hydroxyl groups is 3. The maximum atomic E-state index is 11.0. The van der Waals surface area contributed by atoms with E-state index in [2.05, 4.69) is 22.5 Å². The minimum Gasteiger partial charge on any atom is -0.390 e. The van der Waals surface area contributed by atoms with E-state index in [4.69, 9.17) is 15.0 Å². The first-order valence-electron chi connectivity index (χ1n) is 13.8. The monoisotopic (exact) mass is 538 g/mol. The second-order valence-corrected chi connectivity index (χ2v) is 13.2. The second-order valence-electron chi connectivity index (χ2n) is 12.2. The summed E-state index contributed by atoms with van der Waals surface area (Å²) in [7, 11) is 0. The van der Waals surface area contributed by atoms with Gasteiger partial charge in [0.25, 0.3) is 0 Å². The number of pyridine rings is 1. The average Bonchev–Trinajstić information content (AvgIpc) is 3.76. The molecule has 3 aliphatic rings. The highest BCUT2D eigenvalue weighted by Gasteiger charge is 2.43. The number of thiazole rings is 1. The maximum Gasteiger partial charge on any atom is 0.225 e. The molecular weight excluding hydrogens is 500 g/mol. The van der Waals surface area contributed by atoms with Gasteiger partial charge in [0.2, 0.25) is 5.95 Å². The maximum absolute atomic E-state index is 11.0. The Labute approximate surface area is 227 Å². The molecule has 0 radical (unpaired) electrons. The van der Waals surface area contributed by atoms with E-state index >= 15 is 0 Å². The summed E-state index contributed by atoms with van der Waals surface area (Å²) in [6.07, 6.45) is 5.63. The molecule has 3 heterocycles. The molecule has 0 bridgehead atoms. The standard InChI is InChI=1S/C28H38N6O3S/c1-13(15-5-6-15)30-27-31-14(2)20(26-33-22-19(38-26)9-10-29-21(22)16-7-8-16)25(34-27)32-18-11-17(12-28(3,4)37)23(35)24(18)36/h9-10,13,15-18,23-24,35-37H,5-8,11-12H2,1-4H3,(H2,30,31,32,34)/t13-,17-,18-,23-,24+/m1/s1. The Morgan fingerprint density at radius 2 is 1.87 bits per heavy atom. The molecule has 6 rings (SSSR count). The topological polar surface area (TPSA) is 136 Å². The Morgan fingerprint density at radius 3 is 2.55 bits per heavy atom. The first-order valence-corrected chi connectivity index (χ1v) is 14.6. The van der Waals surface area contributed by atoms with Crippen LogP contribution in [0.1, 0.15) is 76.6 Å². The van der Waals surface area contributed by atoms with E-state index in [0.29, 0.717) is 36.4 Å². The third kappa shape index (κ3) is 5.23. The molecule has 0 aromatic carbocycles. The Morgan fingerprint density at radius 1 is 1.11 bits per heavy atom. The van der Waals surface area contributed by atoms with Gasteiger partial charge in [-0.15, -0.1) is 11.3 Å². The van der Waals surface area contributed by atoms with E-state index < -0.39 is 23.9 Å². The van der Waals surface area contributed by atoms with Gasteiger partial charge >= 0.3 is 0 Å². The highest BCUT2D eigenvalue weighted by atomic mass is 32.1. The van der Waals surface area contributed by atoms with Crippen molar-refractivity contribution in [1.82, 2.24) is 19.9 Å². The summed E-state index contributed by atoms with van der Waals surface area (Å²) in [6, 6.07) is 1.87. The average molecular weight is 539 g/mol. The fourth-order valence-electron chi connectivity index (χ4n) is 5.84. The first kappa shape index (κ1) is 25.9. The van der Waals surface area contributed by atoms with E-state index in [1.165, 1.54) is 12.8 Å². The third-order valence-electron chi connectivity index (χ3n) is 8.17. The van der Waals surface area contributed by atoms with Gasteiger partial charge in [-0.05, 0) is 84.1 Å². The summed E-state index contributed by atoms with van der Waals surface area (Å²) in [6.45, 7) is 7.60. The molecule has 3 aliphatic carbocycles. The van der Waals surface area contributed by atoms with Crippen molar-refractivity contribution in [3.05, 3.63) is 23.7 Å². The molecule has 0 spiro atoms. The van der Waals surface area contributed by atoms with Crippen LogP contribution in [0, 0.1) is 18.8 Å². The summed E-state index contributed by atoms with van der Waals surface area (Å²) < 4.78 is 1.09. The number of aromatic nitrogens is 4. The lowest BCUT2D eigenvalue weighted by Gasteiger charge is -2.24. The lowest BCUT2D eigenvalue weighted by Crippen LogP contribution is -2.36. The number of nitrogens with zero attached hydrogens (tertiary/aromatic N) is 4. The lowest BCUT2D eigenvalue weighted by molar-refractivity contribution is -0.0132. The van der Waals surface area contributed by atoms with Crippen molar-refractivity contribution in [2.24, 2.45) is 11.8 Å². The van der Waals surface area contributed by atoms with Crippen LogP contribution >= 0.6 is 11.3 Å². The van der Waals surface area contributed by atoms with Crippen molar-refractivity contribution in [3.63, 3.8) is 0 Å². The normalized spacial score (nSPS) is 26.6. The van der Waals surface area contributed by atoms with Crippen molar-refractivity contribution in [3.8, 4) is 10.6 Å². The quantitative estimate of drug-likeness (QED) is 0.271. The highest BCUT2D eigenvalue weighted by molar-refractivity contribution is 7.21. The molecule has 0 unspecified atom stereocenters. The SMILES string of the molecule is Cc1nc(N[C@H](C)C2CC2)nc(N[C@@H]2C[C@H](CC(C)(C)O)[C@@H](O)[C@H]2O)c1-c1nc2c(C3CC3)nccc2s1. The van der Waals surface area contributed by atoms with Crippen LogP contribution in [-0.4, -0.2) is 65.1 Å². The predicted octanol–water partition coefficient (Wildman–Crippen LogP) is 4.23. The molecule has 0 aliphatic heterocycles. The molecule has 3 aromatic rings. The van der Waals surface area contributed by atoms with E-state index in [-0.39, 0.29) is 12.0 Å². The third-order valence-corrected chi connectivity index (χ3v) is 9.21. The van der Waals surface area contributed by atoms with E-state index in [9.17, 15) is 15.3 Å². The summed E-state index contributed by atoms with van der Waals surface area (Å²) in [5.74, 6) is 2.05. The van der Waals surface area contributed by atoms with Gasteiger partial charge in [0.1, 0.15) is 22.4 Å². The fourth-order valence-corrected chi connectivity index (χ4v) is 6.91. The Balaban J connectivity index is 1.37. The molecule has 38 heavy (non-hydrogen) atoms. The van der Waals surface area contributed by atoms with Crippen LogP contribution in [-0.2, 0) is 0 Å². The van der Waals surface area contributed by atoms with Gasteiger partial charge in [-0.2, -0.15) is 4.98 Å². The van der Waals surface area contributed by atoms with Crippen LogP contribution in [0.2, 0.25) is 0 Å². The van der Waals surface area contributed by atoms with E-state index in [0.717, 1.165) is 45.0 Å². The smallest absolute Gasteiger partial charge is 0.225 e. The number of aryl methyl sites for hydroxylation is 1. The molecule has 9 nitrogen and oxygen atoms in total. The van der Waals surface area contributed by atoms with E-state index in [1.807, 2.05) is 19.2 Å². The van der Waals surface area contributed by atoms with Crippen molar-refractivity contribution in [2.75, 3.05) is 10.6 Å². The van der Waals surface area contributed by atoms with Gasteiger partial charge in [0.05, 0.1) is 39.4 Å². The number of rotatable bonds is 9. The van der Waals surface area contributed by atoms with Crippen LogP contribution in [0.5, 0.6) is 0 Å².